The van der Waals surface area contributed by atoms with E-state index in [0.29, 0.717) is 0 Å². The van der Waals surface area contributed by atoms with E-state index in [2.05, 4.69) is 122 Å². The molecule has 0 heteroatoms. The van der Waals surface area contributed by atoms with E-state index >= 15 is 0 Å². The summed E-state index contributed by atoms with van der Waals surface area (Å²) in [5, 5.41) is 8.14. The highest BCUT2D eigenvalue weighted by Crippen LogP contribution is 2.36. The predicted octanol–water partition coefficient (Wildman–Crippen LogP) is 11.0. The zero-order valence-electron chi connectivity index (χ0n) is 22.9. The lowest BCUT2D eigenvalue weighted by atomic mass is 9.93. The molecule has 6 aromatic carbocycles. The van der Waals surface area contributed by atoms with Gasteiger partial charge in [0.15, 0.2) is 0 Å². The van der Waals surface area contributed by atoms with Crippen molar-refractivity contribution < 1.29 is 0 Å². The standard InChI is InChI=1S/C20H16.C13H10.2C2H6/c1-2-14-11-12-19-17-9-4-3-7-15(17)16-8-5-6-10-18(16)20(19)13-14;1-3-7-12-10(5-1)9-11-6-2-4-8-13(11)12;2*1-2/h3-13H,2H2,1H3;1-8H,9H2;2*1-2H3. The van der Waals surface area contributed by atoms with E-state index in [1.807, 2.05) is 27.7 Å². The van der Waals surface area contributed by atoms with Crippen LogP contribution in [0.25, 0.3) is 43.4 Å². The fourth-order valence-electron chi connectivity index (χ4n) is 5.25. The minimum atomic E-state index is 1.08. The van der Waals surface area contributed by atoms with Crippen LogP contribution in [0.3, 0.4) is 0 Å². The average molecular weight is 483 g/mol. The Hall–Kier alpha value is -3.90. The van der Waals surface area contributed by atoms with Crippen molar-refractivity contribution >= 4 is 32.3 Å². The molecule has 0 saturated heterocycles. The lowest BCUT2D eigenvalue weighted by Gasteiger charge is -2.11. The topological polar surface area (TPSA) is 0 Å². The van der Waals surface area contributed by atoms with Crippen molar-refractivity contribution in [3.8, 4) is 11.1 Å². The maximum absolute atomic E-state index is 2.35. The molecule has 0 unspecified atom stereocenters. The molecule has 0 fully saturated rings. The van der Waals surface area contributed by atoms with Crippen molar-refractivity contribution in [1.29, 1.82) is 0 Å². The van der Waals surface area contributed by atoms with Crippen LogP contribution in [-0.2, 0) is 12.8 Å². The van der Waals surface area contributed by atoms with Crippen molar-refractivity contribution in [3.05, 3.63) is 132 Å². The summed E-state index contributed by atoms with van der Waals surface area (Å²) in [5.74, 6) is 0. The summed E-state index contributed by atoms with van der Waals surface area (Å²) in [6.07, 6.45) is 2.18. The van der Waals surface area contributed by atoms with Crippen molar-refractivity contribution in [2.75, 3.05) is 0 Å². The quantitative estimate of drug-likeness (QED) is 0.204. The Morgan fingerprint density at radius 3 is 1.27 bits per heavy atom. The normalized spacial score (nSPS) is 10.8. The minimum Gasteiger partial charge on any atom is -0.0683 e. The van der Waals surface area contributed by atoms with Crippen LogP contribution in [0.2, 0.25) is 0 Å². The zero-order chi connectivity index (χ0) is 26.2. The van der Waals surface area contributed by atoms with Gasteiger partial charge in [0.05, 0.1) is 0 Å². The minimum absolute atomic E-state index is 1.08. The summed E-state index contributed by atoms with van der Waals surface area (Å²) in [5.41, 5.74) is 7.15. The smallest absolute Gasteiger partial charge is 0.00135 e. The van der Waals surface area contributed by atoms with Gasteiger partial charge >= 0.3 is 0 Å². The van der Waals surface area contributed by atoms with Gasteiger partial charge in [0.25, 0.3) is 0 Å². The van der Waals surface area contributed by atoms with Gasteiger partial charge in [-0.15, -0.1) is 0 Å². The van der Waals surface area contributed by atoms with Crippen LogP contribution >= 0.6 is 0 Å². The molecule has 0 nitrogen and oxygen atoms in total. The number of benzene rings is 6. The second kappa shape index (κ2) is 12.4. The Bertz CT molecular complexity index is 1540. The summed E-state index contributed by atoms with van der Waals surface area (Å²) >= 11 is 0. The molecule has 0 spiro atoms. The van der Waals surface area contributed by atoms with E-state index in [1.54, 1.807) is 0 Å². The number of hydrogen-bond acceptors (Lipinski definition) is 0. The summed E-state index contributed by atoms with van der Waals surface area (Å²) in [7, 11) is 0. The average Bonchev–Trinajstić information content (AvgIpc) is 3.38. The van der Waals surface area contributed by atoms with Crippen LogP contribution in [0, 0.1) is 0 Å². The van der Waals surface area contributed by atoms with Gasteiger partial charge in [-0.1, -0.05) is 150 Å². The van der Waals surface area contributed by atoms with Crippen LogP contribution in [0.15, 0.2) is 115 Å². The zero-order valence-corrected chi connectivity index (χ0v) is 22.9. The second-order valence-corrected chi connectivity index (χ2v) is 8.82. The largest absolute Gasteiger partial charge is 0.0683 e. The Balaban J connectivity index is 0.000000163. The third-order valence-electron chi connectivity index (χ3n) is 6.92. The molecule has 186 valence electrons. The van der Waals surface area contributed by atoms with E-state index in [4.69, 9.17) is 0 Å². The first-order valence-corrected chi connectivity index (χ1v) is 13.8. The van der Waals surface area contributed by atoms with Crippen molar-refractivity contribution in [1.82, 2.24) is 0 Å². The molecule has 37 heavy (non-hydrogen) atoms. The van der Waals surface area contributed by atoms with E-state index in [0.717, 1.165) is 12.8 Å². The second-order valence-electron chi connectivity index (χ2n) is 8.82. The van der Waals surface area contributed by atoms with Crippen LogP contribution in [0.1, 0.15) is 51.3 Å². The van der Waals surface area contributed by atoms with E-state index in [-0.39, 0.29) is 0 Å². The fraction of sp³-hybridized carbons (Fsp3) is 0.189. The van der Waals surface area contributed by atoms with Crippen LogP contribution in [0.5, 0.6) is 0 Å². The molecule has 0 amide bonds. The molecule has 0 atom stereocenters. The number of hydrogen-bond donors (Lipinski definition) is 0. The molecule has 0 aliphatic heterocycles. The fourth-order valence-corrected chi connectivity index (χ4v) is 5.25. The monoisotopic (exact) mass is 482 g/mol. The number of fused-ring (bicyclic) bond motifs is 9. The first-order chi connectivity index (χ1) is 18.3. The van der Waals surface area contributed by atoms with Crippen LogP contribution in [0.4, 0.5) is 0 Å². The summed E-state index contributed by atoms with van der Waals surface area (Å²) < 4.78 is 0. The van der Waals surface area contributed by atoms with Gasteiger partial charge in [-0.05, 0) is 73.0 Å². The van der Waals surface area contributed by atoms with E-state index in [1.165, 1.54) is 60.1 Å². The lowest BCUT2D eigenvalue weighted by Crippen LogP contribution is -1.85. The van der Waals surface area contributed by atoms with Crippen molar-refractivity contribution in [2.24, 2.45) is 0 Å². The first kappa shape index (κ1) is 26.2. The van der Waals surface area contributed by atoms with Gasteiger partial charge < -0.3 is 0 Å². The van der Waals surface area contributed by atoms with Gasteiger partial charge in [-0.3, -0.25) is 0 Å². The van der Waals surface area contributed by atoms with Crippen LogP contribution < -0.4 is 0 Å². The van der Waals surface area contributed by atoms with Crippen molar-refractivity contribution in [2.45, 2.75) is 47.5 Å². The highest BCUT2D eigenvalue weighted by atomic mass is 14.2. The number of rotatable bonds is 1. The van der Waals surface area contributed by atoms with Gasteiger partial charge in [0.1, 0.15) is 0 Å². The maximum Gasteiger partial charge on any atom is -0.00135 e. The Morgan fingerprint density at radius 1 is 0.432 bits per heavy atom. The molecule has 0 bridgehead atoms. The van der Waals surface area contributed by atoms with E-state index in [9.17, 15) is 0 Å². The van der Waals surface area contributed by atoms with Gasteiger partial charge in [-0.2, -0.15) is 0 Å². The lowest BCUT2D eigenvalue weighted by molar-refractivity contribution is 1.15. The van der Waals surface area contributed by atoms with Crippen LogP contribution in [-0.4, -0.2) is 0 Å². The number of aryl methyl sites for hydroxylation is 1. The molecular formula is C37H38. The molecule has 1 aliphatic rings. The van der Waals surface area contributed by atoms with Gasteiger partial charge in [0.2, 0.25) is 0 Å². The molecule has 7 rings (SSSR count). The molecular weight excluding hydrogens is 444 g/mol. The summed E-state index contributed by atoms with van der Waals surface area (Å²) in [6.45, 7) is 10.2. The molecule has 0 aromatic heterocycles. The maximum atomic E-state index is 2.35. The highest BCUT2D eigenvalue weighted by molar-refractivity contribution is 6.25. The molecule has 0 heterocycles. The first-order valence-electron chi connectivity index (χ1n) is 13.8. The molecule has 0 N–H and O–H groups in total. The van der Waals surface area contributed by atoms with Gasteiger partial charge in [0, 0.05) is 0 Å². The molecule has 1 aliphatic carbocycles. The Morgan fingerprint density at radius 2 is 0.811 bits per heavy atom. The third-order valence-corrected chi connectivity index (χ3v) is 6.92. The molecule has 0 radical (unpaired) electrons. The van der Waals surface area contributed by atoms with E-state index < -0.39 is 0 Å². The Kier molecular flexibility index (Phi) is 8.75. The highest BCUT2D eigenvalue weighted by Gasteiger charge is 2.15. The Labute approximate surface area is 222 Å². The molecule has 0 saturated carbocycles. The van der Waals surface area contributed by atoms with Gasteiger partial charge in [-0.25, -0.2) is 0 Å². The third kappa shape index (κ3) is 5.16. The SMILES string of the molecule is CC.CC.CCc1ccc2c3ccccc3c3ccccc3c2c1.c1ccc2c(c1)Cc1ccccc1-2. The predicted molar refractivity (Wildman–Crippen MR) is 166 cm³/mol. The van der Waals surface area contributed by atoms with Crippen molar-refractivity contribution in [3.63, 3.8) is 0 Å². The molecule has 6 aromatic rings. The summed E-state index contributed by atoms with van der Waals surface area (Å²) in [4.78, 5) is 0. The summed E-state index contributed by atoms with van der Waals surface area (Å²) in [6, 6.07) is 41.6.